The minimum Gasteiger partial charge on any atom is -0.444 e. The Bertz CT molecular complexity index is 384. The van der Waals surface area contributed by atoms with E-state index in [0.29, 0.717) is 0 Å². The van der Waals surface area contributed by atoms with Crippen LogP contribution in [0.5, 0.6) is 0 Å². The number of carbonyl (C=O) groups is 1. The molecule has 0 bridgehead atoms. The van der Waals surface area contributed by atoms with Crippen molar-refractivity contribution in [1.82, 2.24) is 9.80 Å². The highest BCUT2D eigenvalue weighted by Crippen LogP contribution is 2.32. The SMILES string of the molecule is CCCN1C[C@H](C)OC2(CCN(C(=O)OC(C)(C)C)CC2)C1. The molecular weight excluding hydrogens is 280 g/mol. The third-order valence-corrected chi connectivity index (χ3v) is 4.34. The third kappa shape index (κ3) is 4.59. The van der Waals surface area contributed by atoms with Crippen LogP contribution in [0.3, 0.4) is 0 Å². The third-order valence-electron chi connectivity index (χ3n) is 4.34. The fourth-order valence-corrected chi connectivity index (χ4v) is 3.52. The molecule has 1 atom stereocenters. The van der Waals surface area contributed by atoms with Crippen molar-refractivity contribution in [1.29, 1.82) is 0 Å². The summed E-state index contributed by atoms with van der Waals surface area (Å²) >= 11 is 0. The lowest BCUT2D eigenvalue weighted by Gasteiger charge is -2.49. The fraction of sp³-hybridized carbons (Fsp3) is 0.941. The standard InChI is InChI=1S/C17H32N2O3/c1-6-9-18-12-14(2)21-17(13-18)7-10-19(11-8-17)15(20)22-16(3,4)5/h14H,6-13H2,1-5H3/t14-/m0/s1. The zero-order chi connectivity index (χ0) is 16.4. The summed E-state index contributed by atoms with van der Waals surface area (Å²) in [6.45, 7) is 14.7. The minimum atomic E-state index is -0.431. The second-order valence-corrected chi connectivity index (χ2v) is 7.81. The molecule has 1 amide bonds. The van der Waals surface area contributed by atoms with Gasteiger partial charge in [-0.25, -0.2) is 4.79 Å². The second kappa shape index (κ2) is 6.75. The number of nitrogens with zero attached hydrogens (tertiary/aromatic N) is 2. The Labute approximate surface area is 134 Å². The van der Waals surface area contributed by atoms with Gasteiger partial charge in [-0.05, 0) is 53.5 Å². The summed E-state index contributed by atoms with van der Waals surface area (Å²) in [5.74, 6) is 0. The predicted molar refractivity (Wildman–Crippen MR) is 87.1 cm³/mol. The van der Waals surface area contributed by atoms with E-state index >= 15 is 0 Å². The number of rotatable bonds is 2. The largest absolute Gasteiger partial charge is 0.444 e. The molecule has 5 nitrogen and oxygen atoms in total. The highest BCUT2D eigenvalue weighted by Gasteiger charge is 2.42. The Balaban J connectivity index is 1.91. The summed E-state index contributed by atoms with van der Waals surface area (Å²) < 4.78 is 11.8. The maximum Gasteiger partial charge on any atom is 0.410 e. The van der Waals surface area contributed by atoms with Crippen LogP contribution in [0.25, 0.3) is 0 Å². The number of carbonyl (C=O) groups excluding carboxylic acids is 1. The smallest absolute Gasteiger partial charge is 0.410 e. The van der Waals surface area contributed by atoms with E-state index in [0.717, 1.165) is 45.6 Å². The molecule has 0 radical (unpaired) electrons. The summed E-state index contributed by atoms with van der Waals surface area (Å²) in [6, 6.07) is 0. The summed E-state index contributed by atoms with van der Waals surface area (Å²) in [5, 5.41) is 0. The molecule has 2 saturated heterocycles. The Morgan fingerprint density at radius 2 is 1.95 bits per heavy atom. The van der Waals surface area contributed by atoms with E-state index in [4.69, 9.17) is 9.47 Å². The quantitative estimate of drug-likeness (QED) is 0.786. The zero-order valence-corrected chi connectivity index (χ0v) is 14.9. The van der Waals surface area contributed by atoms with Gasteiger partial charge in [0.05, 0.1) is 11.7 Å². The van der Waals surface area contributed by atoms with E-state index in [1.54, 1.807) is 0 Å². The van der Waals surface area contributed by atoms with E-state index < -0.39 is 5.60 Å². The van der Waals surface area contributed by atoms with Crippen LogP contribution >= 0.6 is 0 Å². The number of ether oxygens (including phenoxy) is 2. The molecule has 1 spiro atoms. The van der Waals surface area contributed by atoms with Crippen LogP contribution in [0.1, 0.15) is 53.9 Å². The molecule has 22 heavy (non-hydrogen) atoms. The summed E-state index contributed by atoms with van der Waals surface area (Å²) in [6.07, 6.45) is 3.05. The maximum atomic E-state index is 12.2. The highest BCUT2D eigenvalue weighted by atomic mass is 16.6. The summed E-state index contributed by atoms with van der Waals surface area (Å²) in [5.41, 5.74) is -0.509. The van der Waals surface area contributed by atoms with E-state index in [9.17, 15) is 4.79 Å². The molecule has 0 saturated carbocycles. The lowest BCUT2D eigenvalue weighted by atomic mass is 9.88. The van der Waals surface area contributed by atoms with Gasteiger partial charge in [-0.1, -0.05) is 6.92 Å². The first-order valence-corrected chi connectivity index (χ1v) is 8.61. The van der Waals surface area contributed by atoms with Gasteiger partial charge in [0.2, 0.25) is 0 Å². The van der Waals surface area contributed by atoms with Crippen LogP contribution in [0, 0.1) is 0 Å². The molecular formula is C17H32N2O3. The number of hydrogen-bond acceptors (Lipinski definition) is 4. The monoisotopic (exact) mass is 312 g/mol. The number of morpholine rings is 1. The Hall–Kier alpha value is -0.810. The van der Waals surface area contributed by atoms with Gasteiger partial charge >= 0.3 is 6.09 Å². The van der Waals surface area contributed by atoms with Crippen LogP contribution < -0.4 is 0 Å². The number of piperidine rings is 1. The van der Waals surface area contributed by atoms with Gasteiger partial charge in [0.25, 0.3) is 0 Å². The van der Waals surface area contributed by atoms with Gasteiger partial charge in [0.15, 0.2) is 0 Å². The van der Waals surface area contributed by atoms with Crippen molar-refractivity contribution >= 4 is 6.09 Å². The first-order chi connectivity index (χ1) is 10.2. The molecule has 5 heteroatoms. The molecule has 2 rings (SSSR count). The van der Waals surface area contributed by atoms with Crippen LogP contribution in [-0.4, -0.2) is 65.9 Å². The Kier molecular flexibility index (Phi) is 5.38. The van der Waals surface area contributed by atoms with E-state index in [1.165, 1.54) is 6.42 Å². The molecule has 2 aliphatic heterocycles. The van der Waals surface area contributed by atoms with E-state index in [2.05, 4.69) is 18.7 Å². The highest BCUT2D eigenvalue weighted by molar-refractivity contribution is 5.68. The van der Waals surface area contributed by atoms with Crippen molar-refractivity contribution in [2.75, 3.05) is 32.7 Å². The maximum absolute atomic E-state index is 12.2. The second-order valence-electron chi connectivity index (χ2n) is 7.81. The van der Waals surface area contributed by atoms with Gasteiger partial charge in [-0.2, -0.15) is 0 Å². The average molecular weight is 312 g/mol. The number of likely N-dealkylation sites (tertiary alicyclic amines) is 1. The summed E-state index contributed by atoms with van der Waals surface area (Å²) in [7, 11) is 0. The first kappa shape index (κ1) is 17.5. The average Bonchev–Trinajstić information content (AvgIpc) is 2.36. The molecule has 0 aromatic carbocycles. The van der Waals surface area contributed by atoms with Crippen molar-refractivity contribution in [3.05, 3.63) is 0 Å². The molecule has 0 N–H and O–H groups in total. The normalized spacial score (nSPS) is 26.2. The molecule has 0 aromatic heterocycles. The van der Waals surface area contributed by atoms with Gasteiger partial charge in [-0.15, -0.1) is 0 Å². The van der Waals surface area contributed by atoms with Crippen LogP contribution in [0.2, 0.25) is 0 Å². The molecule has 0 aliphatic carbocycles. The zero-order valence-electron chi connectivity index (χ0n) is 14.9. The van der Waals surface area contributed by atoms with Gasteiger partial charge in [-0.3, -0.25) is 4.90 Å². The fourth-order valence-electron chi connectivity index (χ4n) is 3.52. The number of hydrogen-bond donors (Lipinski definition) is 0. The first-order valence-electron chi connectivity index (χ1n) is 8.61. The van der Waals surface area contributed by atoms with E-state index in [1.807, 2.05) is 25.7 Å². The molecule has 0 aromatic rings. The predicted octanol–water partition coefficient (Wildman–Crippen LogP) is 2.89. The van der Waals surface area contributed by atoms with Crippen molar-refractivity contribution in [2.45, 2.75) is 71.2 Å². The van der Waals surface area contributed by atoms with Crippen LogP contribution in [0.4, 0.5) is 4.79 Å². The summed E-state index contributed by atoms with van der Waals surface area (Å²) in [4.78, 5) is 16.5. The molecule has 2 fully saturated rings. The molecule has 2 heterocycles. The molecule has 0 unspecified atom stereocenters. The van der Waals surface area contributed by atoms with Gasteiger partial charge in [0.1, 0.15) is 5.60 Å². The lowest BCUT2D eigenvalue weighted by Crippen LogP contribution is -2.59. The Morgan fingerprint density at radius 3 is 2.50 bits per heavy atom. The topological polar surface area (TPSA) is 42.0 Å². The minimum absolute atomic E-state index is 0.0780. The Morgan fingerprint density at radius 1 is 1.32 bits per heavy atom. The van der Waals surface area contributed by atoms with Crippen molar-refractivity contribution in [2.24, 2.45) is 0 Å². The van der Waals surface area contributed by atoms with Crippen LogP contribution in [0.15, 0.2) is 0 Å². The van der Waals surface area contributed by atoms with Gasteiger partial charge in [0, 0.05) is 26.2 Å². The van der Waals surface area contributed by atoms with Crippen molar-refractivity contribution < 1.29 is 14.3 Å². The van der Waals surface area contributed by atoms with Gasteiger partial charge < -0.3 is 14.4 Å². The molecule has 2 aliphatic rings. The van der Waals surface area contributed by atoms with Crippen molar-refractivity contribution in [3.8, 4) is 0 Å². The number of amides is 1. The molecule has 128 valence electrons. The van der Waals surface area contributed by atoms with Crippen LogP contribution in [-0.2, 0) is 9.47 Å². The van der Waals surface area contributed by atoms with Crippen molar-refractivity contribution in [3.63, 3.8) is 0 Å². The van der Waals surface area contributed by atoms with E-state index in [-0.39, 0.29) is 17.8 Å². The lowest BCUT2D eigenvalue weighted by molar-refractivity contribution is -0.168.